The maximum atomic E-state index is 13.5. The van der Waals surface area contributed by atoms with Crippen LogP contribution in [-0.4, -0.2) is 39.1 Å². The molecule has 8 nitrogen and oxygen atoms in total. The van der Waals surface area contributed by atoms with Gasteiger partial charge in [-0.1, -0.05) is 75.7 Å². The van der Waals surface area contributed by atoms with Gasteiger partial charge in [0.15, 0.2) is 0 Å². The minimum Gasteiger partial charge on any atom is -0.287 e. The van der Waals surface area contributed by atoms with Crippen molar-refractivity contribution in [3.05, 3.63) is 0 Å². The fraction of sp³-hybridized carbons (Fsp3) is 1.00. The molecular formula is C24H52O8P2. The lowest BCUT2D eigenvalue weighted by molar-refractivity contribution is 0.0147. The van der Waals surface area contributed by atoms with Crippen LogP contribution in [-0.2, 0) is 36.3 Å². The van der Waals surface area contributed by atoms with Crippen LogP contribution in [0.15, 0.2) is 0 Å². The zero-order valence-corrected chi connectivity index (χ0v) is 25.1. The van der Waals surface area contributed by atoms with E-state index in [4.69, 9.17) is 27.1 Å². The molecule has 0 unspecified atom stereocenters. The van der Waals surface area contributed by atoms with E-state index in [0.717, 1.165) is 6.42 Å². The first-order valence-electron chi connectivity index (χ1n) is 12.9. The van der Waals surface area contributed by atoms with Crippen molar-refractivity contribution in [2.24, 2.45) is 29.6 Å². The number of rotatable bonds is 21. The summed E-state index contributed by atoms with van der Waals surface area (Å²) in [6.07, 6.45) is 1.64. The van der Waals surface area contributed by atoms with Gasteiger partial charge in [-0.25, -0.2) is 9.13 Å². The highest BCUT2D eigenvalue weighted by atomic mass is 31.2. The van der Waals surface area contributed by atoms with Crippen LogP contribution in [0.2, 0.25) is 0 Å². The van der Waals surface area contributed by atoms with Crippen LogP contribution in [0.4, 0.5) is 0 Å². The van der Waals surface area contributed by atoms with Crippen LogP contribution in [0.1, 0.15) is 88.5 Å². The molecule has 0 aromatic carbocycles. The first-order chi connectivity index (χ1) is 15.8. The molecule has 0 aromatic rings. The van der Waals surface area contributed by atoms with Gasteiger partial charge in [0.05, 0.1) is 39.1 Å². The van der Waals surface area contributed by atoms with E-state index in [1.165, 1.54) is 0 Å². The maximum Gasteiger partial charge on any atom is 0.475 e. The molecular weight excluding hydrogens is 478 g/mol. The number of hydrogen-bond acceptors (Lipinski definition) is 8. The maximum absolute atomic E-state index is 13.5. The lowest BCUT2D eigenvalue weighted by atomic mass is 9.97. The lowest BCUT2D eigenvalue weighted by Gasteiger charge is -2.30. The Labute approximate surface area is 209 Å². The summed E-state index contributed by atoms with van der Waals surface area (Å²) in [6, 6.07) is 0. The molecule has 10 heteroatoms. The largest absolute Gasteiger partial charge is 0.475 e. The molecule has 0 radical (unpaired) electrons. The van der Waals surface area contributed by atoms with Gasteiger partial charge in [0.2, 0.25) is 0 Å². The second-order valence-electron chi connectivity index (χ2n) is 10.5. The molecule has 34 heavy (non-hydrogen) atoms. The molecule has 0 aliphatic rings. The van der Waals surface area contributed by atoms with Crippen molar-refractivity contribution in [3.63, 3.8) is 0 Å². The van der Waals surface area contributed by atoms with E-state index in [9.17, 15) is 9.13 Å². The third-order valence-corrected chi connectivity index (χ3v) is 7.45. The second kappa shape index (κ2) is 17.6. The molecule has 0 amide bonds. The van der Waals surface area contributed by atoms with E-state index in [1.54, 1.807) is 0 Å². The van der Waals surface area contributed by atoms with Gasteiger partial charge < -0.3 is 0 Å². The van der Waals surface area contributed by atoms with Crippen LogP contribution in [0, 0.1) is 29.6 Å². The van der Waals surface area contributed by atoms with E-state index in [0.29, 0.717) is 12.8 Å². The first-order valence-corrected chi connectivity index (χ1v) is 15.8. The Kier molecular flexibility index (Phi) is 17.8. The van der Waals surface area contributed by atoms with Gasteiger partial charge in [-0.05, 0) is 36.5 Å². The van der Waals surface area contributed by atoms with Gasteiger partial charge >= 0.3 is 15.6 Å². The van der Waals surface area contributed by atoms with Crippen LogP contribution in [0.25, 0.3) is 0 Å². The molecule has 0 N–H and O–H groups in total. The van der Waals surface area contributed by atoms with Crippen LogP contribution in [0.3, 0.4) is 0 Å². The summed E-state index contributed by atoms with van der Waals surface area (Å²) >= 11 is 0. The smallest absolute Gasteiger partial charge is 0.287 e. The highest BCUT2D eigenvalue weighted by Gasteiger charge is 2.36. The molecule has 0 aliphatic heterocycles. The van der Waals surface area contributed by atoms with E-state index >= 15 is 0 Å². The Hall–Kier alpha value is 0.220. The minimum absolute atomic E-state index is 0.0863. The van der Waals surface area contributed by atoms with Crippen molar-refractivity contribution < 1.29 is 36.3 Å². The molecule has 0 heterocycles. The molecule has 0 saturated heterocycles. The minimum atomic E-state index is -3.78. The molecule has 0 aromatic heterocycles. The van der Waals surface area contributed by atoms with Crippen molar-refractivity contribution in [2.45, 2.75) is 94.6 Å². The third-order valence-electron chi connectivity index (χ3n) is 4.60. The van der Waals surface area contributed by atoms with Crippen molar-refractivity contribution in [1.29, 1.82) is 0 Å². The van der Waals surface area contributed by atoms with Crippen LogP contribution < -0.4 is 0 Å². The molecule has 0 rings (SSSR count). The lowest BCUT2D eigenvalue weighted by Crippen LogP contribution is -2.28. The SMILES string of the molecule is CCC[C@@H](OP(=O)(OCC(C)C)OCC(C)C)[C@@H](CC)COP(=O)(OCC(C)C)OCC(C)C. The highest BCUT2D eigenvalue weighted by Crippen LogP contribution is 2.54. The summed E-state index contributed by atoms with van der Waals surface area (Å²) in [5, 5.41) is 0. The summed E-state index contributed by atoms with van der Waals surface area (Å²) in [4.78, 5) is 0. The second-order valence-corrected chi connectivity index (χ2v) is 13.8. The fourth-order valence-corrected chi connectivity index (χ4v) is 6.00. The molecule has 206 valence electrons. The summed E-state index contributed by atoms with van der Waals surface area (Å²) in [7, 11) is -7.53. The molecule has 2 atom stereocenters. The molecule has 0 aliphatic carbocycles. The normalized spacial score (nSPS) is 15.1. The van der Waals surface area contributed by atoms with Crippen molar-refractivity contribution >= 4 is 15.6 Å². The van der Waals surface area contributed by atoms with Gasteiger partial charge in [0.25, 0.3) is 0 Å². The van der Waals surface area contributed by atoms with Gasteiger partial charge in [0, 0.05) is 5.92 Å². The van der Waals surface area contributed by atoms with E-state index in [-0.39, 0.29) is 62.6 Å². The van der Waals surface area contributed by atoms with Crippen molar-refractivity contribution in [3.8, 4) is 0 Å². The first kappa shape index (κ1) is 34.2. The average molecular weight is 531 g/mol. The number of phosphoric ester groups is 2. The van der Waals surface area contributed by atoms with E-state index in [1.807, 2.05) is 69.2 Å². The fourth-order valence-electron chi connectivity index (χ4n) is 2.67. The van der Waals surface area contributed by atoms with Crippen LogP contribution >= 0.6 is 15.6 Å². The Morgan fingerprint density at radius 3 is 1.24 bits per heavy atom. The van der Waals surface area contributed by atoms with Crippen molar-refractivity contribution in [2.75, 3.05) is 33.0 Å². The number of phosphoric acid groups is 2. The molecule has 0 fully saturated rings. The molecule has 0 spiro atoms. The molecule has 0 bridgehead atoms. The standard InChI is InChI=1S/C24H52O8P2/c1-11-13-24(32-34(26,29-16-21(7)8)30-17-22(9)10)23(12-2)18-31-33(25,27-14-19(3)4)28-15-20(5)6/h19-24H,11-18H2,1-10H3/t23-,24+/m0/s1. The summed E-state index contributed by atoms with van der Waals surface area (Å²) in [6.45, 7) is 21.0. The van der Waals surface area contributed by atoms with Gasteiger partial charge in [-0.3, -0.25) is 27.1 Å². The summed E-state index contributed by atoms with van der Waals surface area (Å²) < 4.78 is 61.0. The summed E-state index contributed by atoms with van der Waals surface area (Å²) in [5.74, 6) is 0.519. The third kappa shape index (κ3) is 16.1. The Morgan fingerprint density at radius 1 is 0.559 bits per heavy atom. The quantitative estimate of drug-likeness (QED) is 0.137. The highest BCUT2D eigenvalue weighted by molar-refractivity contribution is 7.48. The van der Waals surface area contributed by atoms with Gasteiger partial charge in [-0.2, -0.15) is 0 Å². The number of hydrogen-bond donors (Lipinski definition) is 0. The predicted molar refractivity (Wildman–Crippen MR) is 138 cm³/mol. The average Bonchev–Trinajstić information content (AvgIpc) is 2.74. The van der Waals surface area contributed by atoms with E-state index in [2.05, 4.69) is 0 Å². The Balaban J connectivity index is 5.52. The Morgan fingerprint density at radius 2 is 0.912 bits per heavy atom. The van der Waals surface area contributed by atoms with Gasteiger partial charge in [-0.15, -0.1) is 0 Å². The van der Waals surface area contributed by atoms with E-state index < -0.39 is 21.7 Å². The van der Waals surface area contributed by atoms with Crippen LogP contribution in [0.5, 0.6) is 0 Å². The molecule has 0 saturated carbocycles. The Bertz CT molecular complexity index is 578. The summed E-state index contributed by atoms with van der Waals surface area (Å²) in [5.41, 5.74) is 0. The zero-order chi connectivity index (χ0) is 26.4. The van der Waals surface area contributed by atoms with Crippen molar-refractivity contribution in [1.82, 2.24) is 0 Å². The topological polar surface area (TPSA) is 89.5 Å². The van der Waals surface area contributed by atoms with Gasteiger partial charge in [0.1, 0.15) is 0 Å². The monoisotopic (exact) mass is 530 g/mol. The zero-order valence-electron chi connectivity index (χ0n) is 23.3. The predicted octanol–water partition coefficient (Wildman–Crippen LogP) is 8.12.